The lowest BCUT2D eigenvalue weighted by atomic mass is 10.1. The molecular weight excluding hydrogens is 268 g/mol. The van der Waals surface area contributed by atoms with Crippen molar-refractivity contribution >= 4 is 17.0 Å². The van der Waals surface area contributed by atoms with Crippen LogP contribution in [-0.4, -0.2) is 21.0 Å². The van der Waals surface area contributed by atoms with Crippen LogP contribution in [0.15, 0.2) is 48.7 Å². The monoisotopic (exact) mass is 280 g/mol. The molecule has 0 bridgehead atoms. The summed E-state index contributed by atoms with van der Waals surface area (Å²) in [6, 6.07) is 12.2. The lowest BCUT2D eigenvalue weighted by Gasteiger charge is -2.08. The SMILES string of the molecule is Cc1cc(C(=O)O)ccc1Oc1cnc2ccccc2n1. The fourth-order valence-electron chi connectivity index (χ4n) is 2.00. The standard InChI is InChI=1S/C16H12N2O3/c1-10-8-11(16(19)20)6-7-14(10)21-15-9-17-12-4-2-3-5-13(12)18-15/h2-9H,1H3,(H,19,20). The van der Waals surface area contributed by atoms with E-state index in [1.807, 2.05) is 24.3 Å². The summed E-state index contributed by atoms with van der Waals surface area (Å²) in [7, 11) is 0. The summed E-state index contributed by atoms with van der Waals surface area (Å²) < 4.78 is 5.69. The molecule has 21 heavy (non-hydrogen) atoms. The molecule has 0 aliphatic rings. The molecule has 0 fully saturated rings. The number of fused-ring (bicyclic) bond motifs is 1. The molecule has 104 valence electrons. The zero-order chi connectivity index (χ0) is 14.8. The molecule has 0 aliphatic heterocycles. The number of aromatic nitrogens is 2. The Balaban J connectivity index is 1.93. The van der Waals surface area contributed by atoms with Crippen LogP contribution in [-0.2, 0) is 0 Å². The zero-order valence-electron chi connectivity index (χ0n) is 11.3. The van der Waals surface area contributed by atoms with Crippen LogP contribution in [0.4, 0.5) is 0 Å². The predicted octanol–water partition coefficient (Wildman–Crippen LogP) is 3.43. The Labute approximate surface area is 120 Å². The molecular formula is C16H12N2O3. The van der Waals surface area contributed by atoms with Crippen LogP contribution < -0.4 is 4.74 Å². The second-order valence-electron chi connectivity index (χ2n) is 4.58. The summed E-state index contributed by atoms with van der Waals surface area (Å²) in [5.41, 5.74) is 2.49. The van der Waals surface area contributed by atoms with Gasteiger partial charge >= 0.3 is 5.97 Å². The van der Waals surface area contributed by atoms with E-state index >= 15 is 0 Å². The van der Waals surface area contributed by atoms with Gasteiger partial charge in [0.15, 0.2) is 0 Å². The van der Waals surface area contributed by atoms with Crippen LogP contribution in [0.25, 0.3) is 11.0 Å². The largest absolute Gasteiger partial charge is 0.478 e. The lowest BCUT2D eigenvalue weighted by Crippen LogP contribution is -1.98. The van der Waals surface area contributed by atoms with Crippen LogP contribution in [0, 0.1) is 6.92 Å². The minimum atomic E-state index is -0.963. The Morgan fingerprint density at radius 2 is 1.90 bits per heavy atom. The molecule has 1 heterocycles. The summed E-state index contributed by atoms with van der Waals surface area (Å²) >= 11 is 0. The number of nitrogens with zero attached hydrogens (tertiary/aromatic N) is 2. The van der Waals surface area contributed by atoms with Crippen LogP contribution in [0.2, 0.25) is 0 Å². The van der Waals surface area contributed by atoms with Crippen molar-refractivity contribution in [2.75, 3.05) is 0 Å². The van der Waals surface area contributed by atoms with Gasteiger partial charge in [0.25, 0.3) is 0 Å². The number of aryl methyl sites for hydroxylation is 1. The Kier molecular flexibility index (Phi) is 3.23. The summed E-state index contributed by atoms with van der Waals surface area (Å²) in [6.45, 7) is 1.79. The molecule has 0 unspecified atom stereocenters. The van der Waals surface area contributed by atoms with Gasteiger partial charge in [-0.3, -0.25) is 0 Å². The van der Waals surface area contributed by atoms with E-state index in [-0.39, 0.29) is 5.56 Å². The van der Waals surface area contributed by atoms with Crippen LogP contribution >= 0.6 is 0 Å². The van der Waals surface area contributed by atoms with Crippen molar-refractivity contribution < 1.29 is 14.6 Å². The second kappa shape index (κ2) is 5.20. The maximum Gasteiger partial charge on any atom is 0.335 e. The summed E-state index contributed by atoms with van der Waals surface area (Å²) in [5, 5.41) is 8.95. The third kappa shape index (κ3) is 2.67. The first-order valence-corrected chi connectivity index (χ1v) is 6.37. The van der Waals surface area contributed by atoms with E-state index in [0.717, 1.165) is 16.6 Å². The van der Waals surface area contributed by atoms with Gasteiger partial charge in [-0.2, -0.15) is 0 Å². The van der Waals surface area contributed by atoms with E-state index in [0.29, 0.717) is 11.6 Å². The number of rotatable bonds is 3. The molecule has 5 heteroatoms. The van der Waals surface area contributed by atoms with E-state index in [9.17, 15) is 4.79 Å². The highest BCUT2D eigenvalue weighted by molar-refractivity contribution is 5.88. The molecule has 0 spiro atoms. The number of carbonyl (C=O) groups is 1. The van der Waals surface area contributed by atoms with Crippen molar-refractivity contribution in [2.24, 2.45) is 0 Å². The Morgan fingerprint density at radius 1 is 1.14 bits per heavy atom. The third-order valence-corrected chi connectivity index (χ3v) is 3.06. The molecule has 3 rings (SSSR count). The highest BCUT2D eigenvalue weighted by Crippen LogP contribution is 2.25. The molecule has 0 saturated carbocycles. The highest BCUT2D eigenvalue weighted by atomic mass is 16.5. The quantitative estimate of drug-likeness (QED) is 0.795. The molecule has 0 radical (unpaired) electrons. The van der Waals surface area contributed by atoms with Crippen LogP contribution in [0.3, 0.4) is 0 Å². The van der Waals surface area contributed by atoms with Crippen molar-refractivity contribution in [3.05, 3.63) is 59.8 Å². The van der Waals surface area contributed by atoms with E-state index in [1.165, 1.54) is 6.07 Å². The van der Waals surface area contributed by atoms with Gasteiger partial charge in [-0.05, 0) is 42.8 Å². The van der Waals surface area contributed by atoms with Crippen molar-refractivity contribution in [1.29, 1.82) is 0 Å². The van der Waals surface area contributed by atoms with Gasteiger partial charge in [-0.1, -0.05) is 12.1 Å². The fraction of sp³-hybridized carbons (Fsp3) is 0.0625. The average molecular weight is 280 g/mol. The number of hydrogen-bond acceptors (Lipinski definition) is 4. The van der Waals surface area contributed by atoms with Gasteiger partial charge in [-0.25, -0.2) is 14.8 Å². The third-order valence-electron chi connectivity index (χ3n) is 3.06. The molecule has 1 aromatic heterocycles. The van der Waals surface area contributed by atoms with Crippen LogP contribution in [0.1, 0.15) is 15.9 Å². The predicted molar refractivity (Wildman–Crippen MR) is 77.8 cm³/mol. The number of aromatic carboxylic acids is 1. The molecule has 0 saturated heterocycles. The Morgan fingerprint density at radius 3 is 2.62 bits per heavy atom. The fourth-order valence-corrected chi connectivity index (χ4v) is 2.00. The van der Waals surface area contributed by atoms with Crippen molar-refractivity contribution in [3.63, 3.8) is 0 Å². The van der Waals surface area contributed by atoms with Crippen molar-refractivity contribution in [1.82, 2.24) is 9.97 Å². The number of carboxylic acid groups (broad SMARTS) is 1. The zero-order valence-corrected chi connectivity index (χ0v) is 11.3. The first-order valence-electron chi connectivity index (χ1n) is 6.37. The minimum absolute atomic E-state index is 0.226. The number of benzene rings is 2. The van der Waals surface area contributed by atoms with E-state index < -0.39 is 5.97 Å². The number of hydrogen-bond donors (Lipinski definition) is 1. The van der Waals surface area contributed by atoms with E-state index in [4.69, 9.17) is 9.84 Å². The summed E-state index contributed by atoms with van der Waals surface area (Å²) in [6.07, 6.45) is 1.55. The topological polar surface area (TPSA) is 72.3 Å². The summed E-state index contributed by atoms with van der Waals surface area (Å²) in [5.74, 6) is -0.0281. The number of ether oxygens (including phenoxy) is 1. The van der Waals surface area contributed by atoms with Gasteiger partial charge < -0.3 is 9.84 Å². The molecule has 3 aromatic rings. The van der Waals surface area contributed by atoms with Gasteiger partial charge in [-0.15, -0.1) is 0 Å². The molecule has 1 N–H and O–H groups in total. The first kappa shape index (κ1) is 13.1. The molecule has 0 amide bonds. The normalized spacial score (nSPS) is 10.5. The summed E-state index contributed by atoms with van der Waals surface area (Å²) in [4.78, 5) is 19.5. The van der Waals surface area contributed by atoms with Crippen molar-refractivity contribution in [2.45, 2.75) is 6.92 Å². The second-order valence-corrected chi connectivity index (χ2v) is 4.58. The van der Waals surface area contributed by atoms with Gasteiger partial charge in [0, 0.05) is 0 Å². The van der Waals surface area contributed by atoms with E-state index in [1.54, 1.807) is 25.3 Å². The Bertz CT molecular complexity index is 831. The molecule has 0 aliphatic carbocycles. The average Bonchev–Trinajstić information content (AvgIpc) is 2.49. The number of para-hydroxylation sites is 2. The Hall–Kier alpha value is -2.95. The highest BCUT2D eigenvalue weighted by Gasteiger charge is 2.08. The van der Waals surface area contributed by atoms with Gasteiger partial charge in [0.1, 0.15) is 5.75 Å². The maximum atomic E-state index is 10.9. The molecule has 2 aromatic carbocycles. The number of carboxylic acids is 1. The van der Waals surface area contributed by atoms with Crippen LogP contribution in [0.5, 0.6) is 11.6 Å². The molecule has 5 nitrogen and oxygen atoms in total. The van der Waals surface area contributed by atoms with Gasteiger partial charge in [0.2, 0.25) is 5.88 Å². The van der Waals surface area contributed by atoms with E-state index in [2.05, 4.69) is 9.97 Å². The maximum absolute atomic E-state index is 10.9. The van der Waals surface area contributed by atoms with Gasteiger partial charge in [0.05, 0.1) is 22.8 Å². The smallest absolute Gasteiger partial charge is 0.335 e. The first-order chi connectivity index (χ1) is 10.1. The lowest BCUT2D eigenvalue weighted by molar-refractivity contribution is 0.0697. The minimum Gasteiger partial charge on any atom is -0.478 e. The van der Waals surface area contributed by atoms with Crippen molar-refractivity contribution in [3.8, 4) is 11.6 Å². The molecule has 0 atom stereocenters.